The highest BCUT2D eigenvalue weighted by atomic mass is 35.5. The number of hydrazone groups is 1. The Kier molecular flexibility index (Phi) is 6.56. The summed E-state index contributed by atoms with van der Waals surface area (Å²) < 4.78 is 32.6. The number of halogens is 1. The zero-order chi connectivity index (χ0) is 23.8. The Hall–Kier alpha value is -2.74. The van der Waals surface area contributed by atoms with Crippen LogP contribution in [0.1, 0.15) is 12.0 Å². The Morgan fingerprint density at radius 3 is 2.76 bits per heavy atom. The minimum atomic E-state index is -3.75. The van der Waals surface area contributed by atoms with Crippen molar-refractivity contribution >= 4 is 67.4 Å². The second kappa shape index (κ2) is 9.25. The maximum absolute atomic E-state index is 12.6. The Morgan fingerprint density at radius 2 is 2.09 bits per heavy atom. The van der Waals surface area contributed by atoms with E-state index in [0.717, 1.165) is 18.0 Å². The van der Waals surface area contributed by atoms with Gasteiger partial charge in [-0.25, -0.2) is 0 Å². The summed E-state index contributed by atoms with van der Waals surface area (Å²) in [5, 5.41) is 14.6. The lowest BCUT2D eigenvalue weighted by Gasteiger charge is -2.26. The minimum Gasteiger partial charge on any atom is -0.381 e. The van der Waals surface area contributed by atoms with Gasteiger partial charge in [0.25, 0.3) is 5.91 Å². The molecule has 0 saturated carbocycles. The molecule has 2 amide bonds. The Balaban J connectivity index is 1.52. The molecule has 33 heavy (non-hydrogen) atoms. The molecule has 0 aliphatic carbocycles. The van der Waals surface area contributed by atoms with E-state index in [1.54, 1.807) is 4.90 Å². The summed E-state index contributed by atoms with van der Waals surface area (Å²) in [7, 11) is -3.75. The number of nitrogens with one attached hydrogen (secondary N) is 1. The third kappa shape index (κ3) is 5.43. The quantitative estimate of drug-likeness (QED) is 0.463. The van der Waals surface area contributed by atoms with E-state index >= 15 is 0 Å². The SMILES string of the molecule is CS(=O)(=O)Oc1ccc(/C=C2/C(=N)N3N=C(CC(=O)N4CCOCC4)SC3=NC2=O)cc1Cl. The van der Waals surface area contributed by atoms with Gasteiger partial charge in [0, 0.05) is 13.1 Å². The van der Waals surface area contributed by atoms with Crippen molar-refractivity contribution < 1.29 is 26.9 Å². The lowest BCUT2D eigenvalue weighted by molar-refractivity contribution is -0.133. The molecule has 1 fully saturated rings. The van der Waals surface area contributed by atoms with Gasteiger partial charge in [0.15, 0.2) is 11.6 Å². The van der Waals surface area contributed by atoms with E-state index in [1.165, 1.54) is 29.3 Å². The summed E-state index contributed by atoms with van der Waals surface area (Å²) in [6.07, 6.45) is 2.34. The molecule has 3 aliphatic heterocycles. The van der Waals surface area contributed by atoms with Gasteiger partial charge in [-0.15, -0.1) is 0 Å². The predicted molar refractivity (Wildman–Crippen MR) is 124 cm³/mol. The molecule has 1 N–H and O–H groups in total. The van der Waals surface area contributed by atoms with E-state index in [9.17, 15) is 18.0 Å². The first-order chi connectivity index (χ1) is 15.6. The number of nitrogens with zero attached hydrogens (tertiary/aromatic N) is 4. The normalized spacial score (nSPS) is 20.0. The van der Waals surface area contributed by atoms with Crippen LogP contribution in [0.4, 0.5) is 0 Å². The van der Waals surface area contributed by atoms with Crippen molar-refractivity contribution in [1.82, 2.24) is 9.91 Å². The van der Waals surface area contributed by atoms with Crippen molar-refractivity contribution in [3.63, 3.8) is 0 Å². The molecule has 0 aromatic heterocycles. The van der Waals surface area contributed by atoms with Crippen molar-refractivity contribution in [3.8, 4) is 5.75 Å². The van der Waals surface area contributed by atoms with E-state index < -0.39 is 16.0 Å². The number of carbonyl (C=O) groups is 2. The summed E-state index contributed by atoms with van der Waals surface area (Å²) in [5.41, 5.74) is 0.405. The molecule has 3 aliphatic rings. The van der Waals surface area contributed by atoms with Gasteiger partial charge in [0.2, 0.25) is 11.1 Å². The average Bonchev–Trinajstić information content (AvgIpc) is 3.15. The summed E-state index contributed by atoms with van der Waals surface area (Å²) in [6.45, 7) is 2.00. The van der Waals surface area contributed by atoms with Crippen LogP contribution in [0.3, 0.4) is 0 Å². The Morgan fingerprint density at radius 1 is 1.36 bits per heavy atom. The zero-order valence-corrected chi connectivity index (χ0v) is 19.7. The molecule has 0 unspecified atom stereocenters. The van der Waals surface area contributed by atoms with Crippen molar-refractivity contribution in [1.29, 1.82) is 5.41 Å². The second-order valence-corrected chi connectivity index (χ2v) is 10.2. The van der Waals surface area contributed by atoms with Crippen LogP contribution in [0.2, 0.25) is 5.02 Å². The van der Waals surface area contributed by atoms with Gasteiger partial charge in [-0.3, -0.25) is 15.0 Å². The van der Waals surface area contributed by atoms with Crippen molar-refractivity contribution in [3.05, 3.63) is 34.4 Å². The number of amides is 2. The van der Waals surface area contributed by atoms with Crippen LogP contribution in [0.25, 0.3) is 6.08 Å². The van der Waals surface area contributed by atoms with Crippen LogP contribution in [0.5, 0.6) is 5.75 Å². The van der Waals surface area contributed by atoms with Crippen molar-refractivity contribution in [2.24, 2.45) is 10.1 Å². The van der Waals surface area contributed by atoms with Gasteiger partial charge in [-0.2, -0.15) is 23.5 Å². The van der Waals surface area contributed by atoms with Crippen LogP contribution in [-0.2, 0) is 24.4 Å². The molecule has 0 atom stereocenters. The van der Waals surface area contributed by atoms with Gasteiger partial charge in [-0.1, -0.05) is 17.7 Å². The van der Waals surface area contributed by atoms with Gasteiger partial charge in [0.1, 0.15) is 5.04 Å². The van der Waals surface area contributed by atoms with E-state index in [2.05, 4.69) is 10.1 Å². The molecule has 0 radical (unpaired) electrons. The van der Waals surface area contributed by atoms with E-state index in [0.29, 0.717) is 36.9 Å². The van der Waals surface area contributed by atoms with Gasteiger partial charge >= 0.3 is 10.1 Å². The maximum Gasteiger partial charge on any atom is 0.306 e. The standard InChI is InChI=1S/C19H18ClN5O6S2/c1-33(28,29)31-14-3-2-11(9-13(14)20)8-12-17(21)25-19(22-18(12)27)32-15(23-25)10-16(26)24-4-6-30-7-5-24/h2-3,8-9,21H,4-7,10H2,1H3/b12-8-,21-17?. The van der Waals surface area contributed by atoms with Crippen LogP contribution in [0.15, 0.2) is 33.9 Å². The number of benzene rings is 1. The van der Waals surface area contributed by atoms with Gasteiger partial charge < -0.3 is 13.8 Å². The largest absolute Gasteiger partial charge is 0.381 e. The second-order valence-electron chi connectivity index (χ2n) is 7.16. The highest BCUT2D eigenvalue weighted by Crippen LogP contribution is 2.31. The number of thioether (sulfide) groups is 1. The van der Waals surface area contributed by atoms with Crippen LogP contribution in [0, 0.1) is 5.41 Å². The first kappa shape index (κ1) is 23.4. The molecule has 11 nitrogen and oxygen atoms in total. The van der Waals surface area contributed by atoms with E-state index in [-0.39, 0.29) is 39.7 Å². The fourth-order valence-electron chi connectivity index (χ4n) is 3.16. The summed E-state index contributed by atoms with van der Waals surface area (Å²) >= 11 is 7.16. The molecule has 1 saturated heterocycles. The topological polar surface area (TPSA) is 142 Å². The summed E-state index contributed by atoms with van der Waals surface area (Å²) in [4.78, 5) is 30.7. The van der Waals surface area contributed by atoms with Gasteiger partial charge in [-0.05, 0) is 35.5 Å². The fourth-order valence-corrected chi connectivity index (χ4v) is 4.78. The molecule has 1 aromatic carbocycles. The maximum atomic E-state index is 12.6. The first-order valence-corrected chi connectivity index (χ1v) is 12.7. The highest BCUT2D eigenvalue weighted by molar-refractivity contribution is 8.27. The molecule has 4 rings (SSSR count). The number of hydrogen-bond donors (Lipinski definition) is 1. The summed E-state index contributed by atoms with van der Waals surface area (Å²) in [6, 6.07) is 4.25. The number of hydrogen-bond acceptors (Lipinski definition) is 9. The number of ether oxygens (including phenoxy) is 1. The number of carbonyl (C=O) groups excluding carboxylic acids is 2. The average molecular weight is 512 g/mol. The van der Waals surface area contributed by atoms with Crippen LogP contribution >= 0.6 is 23.4 Å². The molecule has 0 bridgehead atoms. The van der Waals surface area contributed by atoms with E-state index in [1.807, 2.05) is 0 Å². The number of rotatable bonds is 5. The smallest absolute Gasteiger partial charge is 0.306 e. The third-order valence-corrected chi connectivity index (χ3v) is 6.36. The fraction of sp³-hybridized carbons (Fsp3) is 0.316. The Labute approximate surface area is 198 Å². The lowest BCUT2D eigenvalue weighted by Crippen LogP contribution is -2.41. The number of amidine groups is 2. The van der Waals surface area contributed by atoms with Gasteiger partial charge in [0.05, 0.1) is 36.5 Å². The molecule has 14 heteroatoms. The molecule has 174 valence electrons. The molecular weight excluding hydrogens is 494 g/mol. The van der Waals surface area contributed by atoms with Crippen molar-refractivity contribution in [2.45, 2.75) is 6.42 Å². The lowest BCUT2D eigenvalue weighted by atomic mass is 10.1. The first-order valence-electron chi connectivity index (χ1n) is 9.64. The summed E-state index contributed by atoms with van der Waals surface area (Å²) in [5.74, 6) is -0.993. The van der Waals surface area contributed by atoms with Crippen molar-refractivity contribution in [2.75, 3.05) is 32.6 Å². The minimum absolute atomic E-state index is 0.0208. The zero-order valence-electron chi connectivity index (χ0n) is 17.3. The predicted octanol–water partition coefficient (Wildman–Crippen LogP) is 1.55. The Bertz CT molecular complexity index is 1240. The van der Waals surface area contributed by atoms with E-state index in [4.69, 9.17) is 25.9 Å². The molecular formula is C19H18ClN5O6S2. The number of aliphatic imine (C=N–C) groups is 1. The molecule has 0 spiro atoms. The molecule has 1 aromatic rings. The number of fused-ring (bicyclic) bond motifs is 1. The van der Waals surface area contributed by atoms with Crippen LogP contribution < -0.4 is 4.18 Å². The third-order valence-electron chi connectivity index (χ3n) is 4.67. The highest BCUT2D eigenvalue weighted by Gasteiger charge is 2.36. The molecule has 3 heterocycles. The number of morpholine rings is 1. The van der Waals surface area contributed by atoms with Crippen LogP contribution in [-0.4, -0.2) is 78.7 Å². The monoisotopic (exact) mass is 511 g/mol.